The molecule has 4 nitrogen and oxygen atoms in total. The quantitative estimate of drug-likeness (QED) is 0.106. The smallest absolute Gasteiger partial charge is 0.132 e. The number of aromatic hydroxyl groups is 2. The molecule has 1 saturated carbocycles. The summed E-state index contributed by atoms with van der Waals surface area (Å²) >= 11 is 27.9. The molecular formula is C66H58Cl4N2O2Si2. The van der Waals surface area contributed by atoms with Crippen LogP contribution in [0, 0.1) is 0 Å². The Morgan fingerprint density at radius 3 is 1.12 bits per heavy atom. The Balaban J connectivity index is 1.03. The van der Waals surface area contributed by atoms with E-state index in [1.165, 1.54) is 0 Å². The van der Waals surface area contributed by atoms with Crippen LogP contribution in [0.3, 0.4) is 0 Å². The number of nitrogens with zero attached hydrogens (tertiary/aromatic N) is 2. The van der Waals surface area contributed by atoms with Crippen LogP contribution in [-0.2, 0) is 0 Å². The third kappa shape index (κ3) is 9.67. The van der Waals surface area contributed by atoms with Gasteiger partial charge in [0, 0.05) is 65.9 Å². The van der Waals surface area contributed by atoms with E-state index in [1.807, 2.05) is 85.2 Å². The maximum atomic E-state index is 12.8. The van der Waals surface area contributed by atoms with E-state index >= 15 is 0 Å². The SMILES string of the molecule is C[Si](C)(C)c1c(Cl)cc(Cl)cc1-c1ccc2ccccc2c1-c1c(O)c(C=N[C@@H]2CCCC[C@H]2N=Cc2cc3ccccc3c(-c3c(-c4cc(Cl)cc(Cl)c4[Si](C)(C)C)ccc4ccccc34)c2O)cc2ccccc12. The van der Waals surface area contributed by atoms with Gasteiger partial charge in [0.15, 0.2) is 0 Å². The van der Waals surface area contributed by atoms with Crippen molar-refractivity contribution in [2.45, 2.75) is 77.0 Å². The molecule has 0 aliphatic heterocycles. The summed E-state index contributed by atoms with van der Waals surface area (Å²) in [6.07, 6.45) is 7.38. The van der Waals surface area contributed by atoms with Gasteiger partial charge in [-0.15, -0.1) is 0 Å². The molecule has 0 bridgehead atoms. The van der Waals surface area contributed by atoms with Crippen LogP contribution in [0.1, 0.15) is 36.8 Å². The lowest BCUT2D eigenvalue weighted by atomic mass is 9.85. The lowest BCUT2D eigenvalue weighted by molar-refractivity contribution is 0.390. The fourth-order valence-electron chi connectivity index (χ4n) is 11.8. The maximum absolute atomic E-state index is 12.8. The third-order valence-electron chi connectivity index (χ3n) is 15.2. The van der Waals surface area contributed by atoms with Gasteiger partial charge < -0.3 is 10.2 Å². The van der Waals surface area contributed by atoms with E-state index in [1.54, 1.807) is 0 Å². The molecule has 0 spiro atoms. The lowest BCUT2D eigenvalue weighted by Gasteiger charge is -2.26. The van der Waals surface area contributed by atoms with Crippen molar-refractivity contribution in [1.29, 1.82) is 0 Å². The van der Waals surface area contributed by atoms with Crippen LogP contribution >= 0.6 is 46.4 Å². The molecule has 76 heavy (non-hydrogen) atoms. The Morgan fingerprint density at radius 1 is 0.408 bits per heavy atom. The summed E-state index contributed by atoms with van der Waals surface area (Å²) in [6, 6.07) is 53.2. The molecule has 0 unspecified atom stereocenters. The summed E-state index contributed by atoms with van der Waals surface area (Å²) in [7, 11) is -4.08. The molecule has 1 fully saturated rings. The number of fused-ring (bicyclic) bond motifs is 4. The van der Waals surface area contributed by atoms with E-state index in [9.17, 15) is 10.2 Å². The van der Waals surface area contributed by atoms with Gasteiger partial charge in [-0.25, -0.2) is 0 Å². The van der Waals surface area contributed by atoms with E-state index in [0.717, 1.165) is 124 Å². The second-order valence-electron chi connectivity index (χ2n) is 22.3. The maximum Gasteiger partial charge on any atom is 0.132 e. The number of phenolic OH excluding ortho intramolecular Hbond substituents is 2. The van der Waals surface area contributed by atoms with Crippen LogP contribution in [0.4, 0.5) is 0 Å². The predicted octanol–water partition coefficient (Wildman–Crippen LogP) is 18.9. The van der Waals surface area contributed by atoms with Gasteiger partial charge in [0.1, 0.15) is 11.5 Å². The fraction of sp³-hybridized carbons (Fsp3) is 0.182. The first kappa shape index (κ1) is 51.9. The normalized spacial score (nSPS) is 15.6. The van der Waals surface area contributed by atoms with Crippen LogP contribution in [0.5, 0.6) is 11.5 Å². The highest BCUT2D eigenvalue weighted by atomic mass is 35.5. The lowest BCUT2D eigenvalue weighted by Crippen LogP contribution is -2.40. The van der Waals surface area contributed by atoms with E-state index in [0.29, 0.717) is 31.2 Å². The van der Waals surface area contributed by atoms with Gasteiger partial charge in [0.2, 0.25) is 0 Å². The third-order valence-corrected chi connectivity index (χ3v) is 20.6. The van der Waals surface area contributed by atoms with E-state index in [-0.39, 0.29) is 23.6 Å². The number of hydrogen-bond donors (Lipinski definition) is 2. The molecule has 0 amide bonds. The van der Waals surface area contributed by atoms with E-state index in [4.69, 9.17) is 56.4 Å². The first-order chi connectivity index (χ1) is 36.5. The minimum atomic E-state index is -2.04. The Morgan fingerprint density at radius 2 is 0.750 bits per heavy atom. The average Bonchev–Trinajstić information content (AvgIpc) is 3.41. The van der Waals surface area contributed by atoms with Crippen molar-refractivity contribution < 1.29 is 10.2 Å². The molecule has 0 aromatic heterocycles. The highest BCUT2D eigenvalue weighted by Gasteiger charge is 2.31. The monoisotopic (exact) mass is 1110 g/mol. The standard InChI is InChI=1S/C66H58Cl4N2O2Si2/c1-75(2,3)65-53(33-45(67)35-55(65)69)51-29-27-39-17-7-11-21-47(39)59(51)61-49-23-13-9-19-41(49)31-43(63(61)73)37-71-57-25-15-16-26-58(57)72-38-44-32-42-20-10-14-24-50(42)62(64(44)74)60-48-22-12-8-18-40(48)28-30-52(60)54-34-46(68)36-56(70)66(54)76(4,5)6/h7-14,17-24,27-38,57-58,73-74H,15-16,25-26H2,1-6H3/t57-,58-/m1/s1. The number of benzene rings is 10. The first-order valence-electron chi connectivity index (χ1n) is 26.1. The second-order valence-corrected chi connectivity index (χ2v) is 34.0. The van der Waals surface area contributed by atoms with Crippen LogP contribution in [0.25, 0.3) is 87.6 Å². The van der Waals surface area contributed by atoms with Gasteiger partial charge in [-0.1, -0.05) is 220 Å². The van der Waals surface area contributed by atoms with Crippen LogP contribution in [-0.4, -0.2) is 50.9 Å². The molecule has 0 saturated heterocycles. The van der Waals surface area contributed by atoms with Gasteiger partial charge >= 0.3 is 0 Å². The Hall–Kier alpha value is -6.23. The molecule has 10 heteroatoms. The number of phenols is 2. The highest BCUT2D eigenvalue weighted by Crippen LogP contribution is 2.49. The molecule has 10 aromatic rings. The van der Waals surface area contributed by atoms with Gasteiger partial charge in [-0.05, 0) is 125 Å². The van der Waals surface area contributed by atoms with Crippen molar-refractivity contribution >= 4 is 128 Å². The summed E-state index contributed by atoms with van der Waals surface area (Å²) in [5.74, 6) is 0.300. The second kappa shape index (κ2) is 20.6. The molecule has 1 aliphatic carbocycles. The van der Waals surface area contributed by atoms with Crippen molar-refractivity contribution in [3.63, 3.8) is 0 Å². The van der Waals surface area contributed by atoms with Crippen molar-refractivity contribution in [2.24, 2.45) is 9.98 Å². The zero-order valence-corrected chi connectivity index (χ0v) is 48.5. The highest BCUT2D eigenvalue weighted by molar-refractivity contribution is 6.92. The molecule has 2 N–H and O–H groups in total. The first-order valence-corrected chi connectivity index (χ1v) is 34.6. The number of aliphatic imine (C=N–C) groups is 2. The molecule has 10 aromatic carbocycles. The zero-order chi connectivity index (χ0) is 53.2. The Labute approximate surface area is 467 Å². The fourth-order valence-corrected chi connectivity index (χ4v) is 18.1. The topological polar surface area (TPSA) is 65.2 Å². The van der Waals surface area contributed by atoms with Gasteiger partial charge in [0.05, 0.1) is 28.2 Å². The van der Waals surface area contributed by atoms with E-state index in [2.05, 4.69) is 124 Å². The summed E-state index contributed by atoms with van der Waals surface area (Å²) in [5.41, 5.74) is 8.41. The number of hydrogen-bond acceptors (Lipinski definition) is 4. The van der Waals surface area contributed by atoms with Gasteiger partial charge in [0.25, 0.3) is 0 Å². The summed E-state index contributed by atoms with van der Waals surface area (Å²) in [5, 5.41) is 38.3. The minimum Gasteiger partial charge on any atom is -0.507 e. The molecule has 0 heterocycles. The largest absolute Gasteiger partial charge is 0.507 e. The van der Waals surface area contributed by atoms with Gasteiger partial charge in [-0.3, -0.25) is 9.98 Å². The number of rotatable bonds is 10. The zero-order valence-electron chi connectivity index (χ0n) is 43.4. The number of halogens is 4. The molecule has 11 rings (SSSR count). The van der Waals surface area contributed by atoms with Crippen LogP contribution in [0.2, 0.25) is 59.4 Å². The van der Waals surface area contributed by atoms with Crippen molar-refractivity contribution in [1.82, 2.24) is 0 Å². The van der Waals surface area contributed by atoms with Gasteiger partial charge in [-0.2, -0.15) is 0 Å². The van der Waals surface area contributed by atoms with Crippen molar-refractivity contribution in [3.8, 4) is 56.0 Å². The summed E-state index contributed by atoms with van der Waals surface area (Å²) < 4.78 is 0. The minimum absolute atomic E-state index is 0.150. The molecule has 380 valence electrons. The Bertz CT molecular complexity index is 3770. The molecular weight excluding hydrogens is 1050 g/mol. The van der Waals surface area contributed by atoms with Crippen molar-refractivity contribution in [2.75, 3.05) is 0 Å². The Kier molecular flexibility index (Phi) is 14.1. The molecule has 0 radical (unpaired) electrons. The van der Waals surface area contributed by atoms with Crippen LogP contribution in [0.15, 0.2) is 168 Å². The van der Waals surface area contributed by atoms with Crippen LogP contribution < -0.4 is 10.4 Å². The van der Waals surface area contributed by atoms with Crippen molar-refractivity contribution in [3.05, 3.63) is 189 Å². The molecule has 1 aliphatic rings. The summed E-state index contributed by atoms with van der Waals surface area (Å²) in [6.45, 7) is 13.8. The summed E-state index contributed by atoms with van der Waals surface area (Å²) in [4.78, 5) is 10.6. The predicted molar refractivity (Wildman–Crippen MR) is 335 cm³/mol. The average molecular weight is 1110 g/mol. The molecule has 2 atom stereocenters. The van der Waals surface area contributed by atoms with E-state index < -0.39 is 16.1 Å².